The molecule has 0 aromatic carbocycles. The van der Waals surface area contributed by atoms with Crippen molar-refractivity contribution in [3.8, 4) is 0 Å². The molecule has 0 aromatic rings. The lowest BCUT2D eigenvalue weighted by molar-refractivity contribution is 0.0865. The average Bonchev–Trinajstić information content (AvgIpc) is 2.65. The largest absolute Gasteiger partial charge is 0.328 e. The van der Waals surface area contributed by atoms with Crippen LogP contribution < -0.4 is 5.73 Å². The van der Waals surface area contributed by atoms with Crippen molar-refractivity contribution in [2.75, 3.05) is 26.7 Å². The predicted octanol–water partition coefficient (Wildman–Crippen LogP) is 2.43. The number of likely N-dealkylation sites (N-methyl/N-ethyl adjacent to an activating group) is 1. The quantitative estimate of drug-likeness (QED) is 0.784. The molecule has 0 aliphatic heterocycles. The molecule has 1 fully saturated rings. The number of nitrogens with zero attached hydrogens (tertiary/aromatic N) is 2. The van der Waals surface area contributed by atoms with Gasteiger partial charge in [0, 0.05) is 26.7 Å². The average molecular weight is 255 g/mol. The fourth-order valence-corrected chi connectivity index (χ4v) is 2.99. The second kappa shape index (κ2) is 6.98. The molecular formula is C14H29N3O. The molecule has 0 bridgehead atoms. The molecule has 18 heavy (non-hydrogen) atoms. The molecule has 0 atom stereocenters. The van der Waals surface area contributed by atoms with Gasteiger partial charge >= 0.3 is 6.03 Å². The van der Waals surface area contributed by atoms with Crippen LogP contribution in [0.25, 0.3) is 0 Å². The van der Waals surface area contributed by atoms with Crippen molar-refractivity contribution < 1.29 is 4.79 Å². The van der Waals surface area contributed by atoms with Gasteiger partial charge in [-0.1, -0.05) is 25.7 Å². The van der Waals surface area contributed by atoms with Gasteiger partial charge in [0.05, 0.1) is 5.54 Å². The summed E-state index contributed by atoms with van der Waals surface area (Å²) in [6.45, 7) is 6.15. The number of hydrogen-bond acceptors (Lipinski definition) is 2. The summed E-state index contributed by atoms with van der Waals surface area (Å²) >= 11 is 0. The van der Waals surface area contributed by atoms with E-state index in [1.807, 2.05) is 18.9 Å². The number of carbonyl (C=O) groups excluding carboxylic acids is 1. The maximum Gasteiger partial charge on any atom is 0.320 e. The molecule has 106 valence electrons. The minimum absolute atomic E-state index is 0.105. The Morgan fingerprint density at radius 1 is 1.11 bits per heavy atom. The van der Waals surface area contributed by atoms with Crippen LogP contribution >= 0.6 is 0 Å². The Labute approximate surface area is 111 Å². The number of carbonyl (C=O) groups is 1. The number of rotatable bonds is 4. The first-order valence-corrected chi connectivity index (χ1v) is 7.34. The van der Waals surface area contributed by atoms with Crippen LogP contribution in [-0.2, 0) is 0 Å². The van der Waals surface area contributed by atoms with Gasteiger partial charge in [-0.05, 0) is 26.7 Å². The normalized spacial score (nSPS) is 19.1. The first kappa shape index (κ1) is 15.3. The zero-order valence-electron chi connectivity index (χ0n) is 12.2. The van der Waals surface area contributed by atoms with E-state index >= 15 is 0 Å². The molecule has 0 saturated heterocycles. The van der Waals surface area contributed by atoms with Crippen molar-refractivity contribution in [1.82, 2.24) is 9.80 Å². The highest BCUT2D eigenvalue weighted by Gasteiger charge is 2.38. The number of amides is 2. The lowest BCUT2D eigenvalue weighted by Gasteiger charge is -2.44. The monoisotopic (exact) mass is 255 g/mol. The summed E-state index contributed by atoms with van der Waals surface area (Å²) in [4.78, 5) is 16.3. The predicted molar refractivity (Wildman–Crippen MR) is 75.6 cm³/mol. The van der Waals surface area contributed by atoms with Crippen LogP contribution in [0, 0.1) is 0 Å². The molecule has 1 rings (SSSR count). The molecule has 1 aliphatic carbocycles. The molecule has 0 radical (unpaired) electrons. The summed E-state index contributed by atoms with van der Waals surface area (Å²) in [5.74, 6) is 0. The van der Waals surface area contributed by atoms with Crippen molar-refractivity contribution in [1.29, 1.82) is 0 Å². The van der Waals surface area contributed by atoms with E-state index < -0.39 is 0 Å². The van der Waals surface area contributed by atoms with Crippen molar-refractivity contribution in [2.24, 2.45) is 5.73 Å². The van der Waals surface area contributed by atoms with Gasteiger partial charge in [-0.15, -0.1) is 0 Å². The summed E-state index contributed by atoms with van der Waals surface area (Å²) in [6, 6.07) is 0.132. The third kappa shape index (κ3) is 3.16. The molecular weight excluding hydrogens is 226 g/mol. The Kier molecular flexibility index (Phi) is 5.93. The smallest absolute Gasteiger partial charge is 0.320 e. The van der Waals surface area contributed by atoms with E-state index in [1.54, 1.807) is 4.90 Å². The van der Waals surface area contributed by atoms with Crippen LogP contribution in [0.5, 0.6) is 0 Å². The van der Waals surface area contributed by atoms with E-state index in [0.717, 1.165) is 25.9 Å². The van der Waals surface area contributed by atoms with Crippen LogP contribution in [0.15, 0.2) is 0 Å². The Bertz CT molecular complexity index is 260. The van der Waals surface area contributed by atoms with Crippen LogP contribution in [0.3, 0.4) is 0 Å². The molecule has 2 N–H and O–H groups in total. The van der Waals surface area contributed by atoms with Gasteiger partial charge in [-0.3, -0.25) is 0 Å². The van der Waals surface area contributed by atoms with Gasteiger partial charge in [0.2, 0.25) is 0 Å². The highest BCUT2D eigenvalue weighted by atomic mass is 16.2. The van der Waals surface area contributed by atoms with Crippen LogP contribution in [0.4, 0.5) is 4.79 Å². The highest BCUT2D eigenvalue weighted by molar-refractivity contribution is 5.75. The van der Waals surface area contributed by atoms with Crippen molar-refractivity contribution >= 4 is 6.03 Å². The fourth-order valence-electron chi connectivity index (χ4n) is 2.99. The van der Waals surface area contributed by atoms with E-state index in [-0.39, 0.29) is 11.6 Å². The van der Waals surface area contributed by atoms with E-state index in [4.69, 9.17) is 5.73 Å². The minimum Gasteiger partial charge on any atom is -0.328 e. The molecule has 0 unspecified atom stereocenters. The van der Waals surface area contributed by atoms with Gasteiger partial charge < -0.3 is 15.5 Å². The zero-order chi connectivity index (χ0) is 13.6. The molecule has 0 aromatic heterocycles. The first-order valence-electron chi connectivity index (χ1n) is 7.34. The fraction of sp³-hybridized carbons (Fsp3) is 0.929. The first-order chi connectivity index (χ1) is 8.61. The standard InChI is InChI=1S/C14H29N3O/c1-4-16(3)13(18)17(5-2)14(12-15)10-8-6-7-9-11-14/h4-12,15H2,1-3H3. The maximum atomic E-state index is 12.5. The van der Waals surface area contributed by atoms with Gasteiger partial charge in [0.1, 0.15) is 0 Å². The van der Waals surface area contributed by atoms with Gasteiger partial charge in [-0.25, -0.2) is 4.79 Å². The molecule has 2 amide bonds. The summed E-state index contributed by atoms with van der Waals surface area (Å²) in [7, 11) is 1.87. The van der Waals surface area contributed by atoms with E-state index in [2.05, 4.69) is 6.92 Å². The van der Waals surface area contributed by atoms with Crippen LogP contribution in [0.2, 0.25) is 0 Å². The minimum atomic E-state index is -0.105. The summed E-state index contributed by atoms with van der Waals surface area (Å²) in [6.07, 6.45) is 7.04. The summed E-state index contributed by atoms with van der Waals surface area (Å²) < 4.78 is 0. The van der Waals surface area contributed by atoms with Crippen LogP contribution in [-0.4, -0.2) is 48.1 Å². The molecule has 0 heterocycles. The summed E-state index contributed by atoms with van der Waals surface area (Å²) in [5, 5.41) is 0. The summed E-state index contributed by atoms with van der Waals surface area (Å²) in [5.41, 5.74) is 5.95. The highest BCUT2D eigenvalue weighted by Crippen LogP contribution is 2.32. The number of nitrogens with two attached hydrogens (primary N) is 1. The second-order valence-electron chi connectivity index (χ2n) is 5.38. The zero-order valence-corrected chi connectivity index (χ0v) is 12.2. The third-order valence-electron chi connectivity index (χ3n) is 4.33. The lowest BCUT2D eigenvalue weighted by atomic mass is 9.88. The molecule has 1 saturated carbocycles. The maximum absolute atomic E-state index is 12.5. The van der Waals surface area contributed by atoms with E-state index in [1.165, 1.54) is 25.7 Å². The Balaban J connectivity index is 2.90. The van der Waals surface area contributed by atoms with Gasteiger partial charge in [0.15, 0.2) is 0 Å². The van der Waals surface area contributed by atoms with Gasteiger partial charge in [-0.2, -0.15) is 0 Å². The Morgan fingerprint density at radius 3 is 2.06 bits per heavy atom. The van der Waals surface area contributed by atoms with Gasteiger partial charge in [0.25, 0.3) is 0 Å². The Morgan fingerprint density at radius 2 is 1.67 bits per heavy atom. The number of urea groups is 1. The van der Waals surface area contributed by atoms with E-state index in [9.17, 15) is 4.79 Å². The van der Waals surface area contributed by atoms with E-state index in [0.29, 0.717) is 6.54 Å². The van der Waals surface area contributed by atoms with Crippen molar-refractivity contribution in [3.63, 3.8) is 0 Å². The SMILES string of the molecule is CCN(C)C(=O)N(CC)C1(CN)CCCCCC1. The third-order valence-corrected chi connectivity index (χ3v) is 4.33. The van der Waals surface area contributed by atoms with Crippen molar-refractivity contribution in [3.05, 3.63) is 0 Å². The number of hydrogen-bond donors (Lipinski definition) is 1. The Hall–Kier alpha value is -0.770. The molecule has 4 nitrogen and oxygen atoms in total. The topological polar surface area (TPSA) is 49.6 Å². The van der Waals surface area contributed by atoms with Crippen molar-refractivity contribution in [2.45, 2.75) is 57.9 Å². The second-order valence-corrected chi connectivity index (χ2v) is 5.38. The molecule has 1 aliphatic rings. The molecule has 4 heteroatoms. The molecule has 0 spiro atoms. The lowest BCUT2D eigenvalue weighted by Crippen LogP contribution is -2.58. The van der Waals surface area contributed by atoms with Crippen LogP contribution in [0.1, 0.15) is 52.4 Å².